The van der Waals surface area contributed by atoms with E-state index < -0.39 is 0 Å². The lowest BCUT2D eigenvalue weighted by molar-refractivity contribution is 0.129. The van der Waals surface area contributed by atoms with E-state index >= 15 is 0 Å². The first-order valence-corrected chi connectivity index (χ1v) is 6.62. The fourth-order valence-corrected chi connectivity index (χ4v) is 3.81. The molecule has 97 valence electrons. The minimum atomic E-state index is 0.435. The Morgan fingerprint density at radius 3 is 1.44 bits per heavy atom. The summed E-state index contributed by atoms with van der Waals surface area (Å²) in [5.41, 5.74) is 1.31. The van der Waals surface area contributed by atoms with E-state index in [0.717, 1.165) is 0 Å². The first-order chi connectivity index (χ1) is 6.83. The summed E-state index contributed by atoms with van der Waals surface area (Å²) in [4.78, 5) is 0. The van der Waals surface area contributed by atoms with Crippen molar-refractivity contribution in [1.82, 2.24) is 0 Å². The fraction of sp³-hybridized carbons (Fsp3) is 0.938. The van der Waals surface area contributed by atoms with Crippen LogP contribution >= 0.6 is 0 Å². The van der Waals surface area contributed by atoms with Gasteiger partial charge in [-0.25, -0.2) is 0 Å². The van der Waals surface area contributed by atoms with Crippen molar-refractivity contribution in [3.63, 3.8) is 0 Å². The zero-order valence-corrected chi connectivity index (χ0v) is 13.1. The predicted molar refractivity (Wildman–Crippen MR) is 75.5 cm³/mol. The van der Waals surface area contributed by atoms with Crippen LogP contribution in [0.1, 0.15) is 81.6 Å². The van der Waals surface area contributed by atoms with Crippen LogP contribution in [0.3, 0.4) is 0 Å². The van der Waals surface area contributed by atoms with Crippen LogP contribution in [-0.4, -0.2) is 0 Å². The van der Waals surface area contributed by atoms with Crippen LogP contribution in [0.5, 0.6) is 0 Å². The van der Waals surface area contributed by atoms with Crippen LogP contribution in [0.2, 0.25) is 0 Å². The minimum Gasteiger partial charge on any atom is -0.0602 e. The summed E-state index contributed by atoms with van der Waals surface area (Å²) < 4.78 is 0. The maximum Gasteiger partial charge on any atom is -0.0298 e. The van der Waals surface area contributed by atoms with Crippen molar-refractivity contribution in [3.05, 3.63) is 5.92 Å². The third-order valence-electron chi connectivity index (χ3n) is 2.80. The Morgan fingerprint density at radius 2 is 1.12 bits per heavy atom. The Balaban J connectivity index is 4.45. The van der Waals surface area contributed by atoms with E-state index in [1.807, 2.05) is 0 Å². The molecule has 0 aliphatic rings. The zero-order valence-electron chi connectivity index (χ0n) is 13.1. The Kier molecular flexibility index (Phi) is 5.10. The lowest BCUT2D eigenvalue weighted by Crippen LogP contribution is -2.28. The van der Waals surface area contributed by atoms with Gasteiger partial charge in [0.1, 0.15) is 0 Å². The molecule has 0 saturated carbocycles. The Morgan fingerprint density at radius 1 is 0.688 bits per heavy atom. The maximum atomic E-state index is 2.42. The maximum absolute atomic E-state index is 2.42. The number of hydrogen-bond donors (Lipinski definition) is 0. The Labute approximate surface area is 104 Å². The number of rotatable bonds is 5. The molecule has 0 aromatic rings. The SMILES string of the molecule is C[C](C)CC(C)(C)CC(C)(C)CC(C)(C)C. The zero-order chi connectivity index (χ0) is 13.2. The van der Waals surface area contributed by atoms with Crippen molar-refractivity contribution in [3.8, 4) is 0 Å². The van der Waals surface area contributed by atoms with E-state index in [1.165, 1.54) is 19.3 Å². The molecule has 0 heteroatoms. The van der Waals surface area contributed by atoms with Crippen molar-refractivity contribution in [2.24, 2.45) is 16.2 Å². The largest absolute Gasteiger partial charge is 0.0602 e. The lowest BCUT2D eigenvalue weighted by Gasteiger charge is -2.39. The third-order valence-corrected chi connectivity index (χ3v) is 2.80. The summed E-state index contributed by atoms with van der Waals surface area (Å²) in [6, 6.07) is 0. The minimum absolute atomic E-state index is 0.435. The van der Waals surface area contributed by atoms with Crippen LogP contribution in [-0.2, 0) is 0 Å². The molecular weight excluding hydrogens is 192 g/mol. The lowest BCUT2D eigenvalue weighted by atomic mass is 9.66. The van der Waals surface area contributed by atoms with Crippen LogP contribution in [0.4, 0.5) is 0 Å². The second kappa shape index (κ2) is 5.10. The molecule has 0 aliphatic carbocycles. The van der Waals surface area contributed by atoms with Crippen LogP contribution in [0.15, 0.2) is 0 Å². The molecule has 0 atom stereocenters. The molecule has 0 amide bonds. The van der Waals surface area contributed by atoms with Gasteiger partial charge in [0.2, 0.25) is 0 Å². The van der Waals surface area contributed by atoms with Gasteiger partial charge in [-0.2, -0.15) is 0 Å². The third kappa shape index (κ3) is 8.19. The van der Waals surface area contributed by atoms with Crippen LogP contribution in [0, 0.1) is 22.2 Å². The second-order valence-electron chi connectivity index (χ2n) is 8.63. The number of hydrogen-bond acceptors (Lipinski definition) is 0. The van der Waals surface area contributed by atoms with Crippen LogP contribution < -0.4 is 0 Å². The molecule has 0 unspecified atom stereocenters. The van der Waals surface area contributed by atoms with Gasteiger partial charge in [0.15, 0.2) is 0 Å². The van der Waals surface area contributed by atoms with Gasteiger partial charge in [0.05, 0.1) is 0 Å². The molecule has 0 nitrogen and oxygen atoms in total. The summed E-state index contributed by atoms with van der Waals surface area (Å²) in [7, 11) is 0. The van der Waals surface area contributed by atoms with E-state index in [0.29, 0.717) is 16.2 Å². The highest BCUT2D eigenvalue weighted by Gasteiger charge is 2.32. The molecule has 0 rings (SSSR count). The van der Waals surface area contributed by atoms with Gasteiger partial charge in [-0.1, -0.05) is 62.3 Å². The molecule has 0 N–H and O–H groups in total. The summed E-state index contributed by atoms with van der Waals surface area (Å²) in [5, 5.41) is 0. The van der Waals surface area contributed by atoms with Gasteiger partial charge in [0.25, 0.3) is 0 Å². The first-order valence-electron chi connectivity index (χ1n) is 6.62. The van der Waals surface area contributed by atoms with E-state index in [1.54, 1.807) is 5.92 Å². The molecule has 0 aromatic carbocycles. The van der Waals surface area contributed by atoms with Crippen molar-refractivity contribution in [1.29, 1.82) is 0 Å². The fourth-order valence-electron chi connectivity index (χ4n) is 3.81. The normalized spacial score (nSPS) is 14.6. The highest BCUT2D eigenvalue weighted by atomic mass is 14.4. The summed E-state index contributed by atoms with van der Waals surface area (Å²) in [6.45, 7) is 21.2. The predicted octanol–water partition coefficient (Wildman–Crippen LogP) is 5.87. The average molecular weight is 225 g/mol. The first kappa shape index (κ1) is 16.0. The standard InChI is InChI=1S/C16H33/c1-13(2)10-15(6,7)12-16(8,9)11-14(3,4)5/h10-12H2,1-9H3. The molecular formula is C16H33. The molecule has 0 saturated heterocycles. The van der Waals surface area contributed by atoms with Crippen LogP contribution in [0.25, 0.3) is 0 Å². The van der Waals surface area contributed by atoms with Gasteiger partial charge < -0.3 is 0 Å². The van der Waals surface area contributed by atoms with Crippen molar-refractivity contribution >= 4 is 0 Å². The molecule has 1 radical (unpaired) electrons. The van der Waals surface area contributed by atoms with E-state index in [-0.39, 0.29) is 0 Å². The van der Waals surface area contributed by atoms with E-state index in [2.05, 4.69) is 62.3 Å². The van der Waals surface area contributed by atoms with Gasteiger partial charge in [-0.15, -0.1) is 0 Å². The second-order valence-corrected chi connectivity index (χ2v) is 8.63. The summed E-state index contributed by atoms with van der Waals surface area (Å²) in [6.07, 6.45) is 3.86. The summed E-state index contributed by atoms with van der Waals surface area (Å²) >= 11 is 0. The van der Waals surface area contributed by atoms with Gasteiger partial charge in [-0.3, -0.25) is 0 Å². The molecule has 16 heavy (non-hydrogen) atoms. The molecule has 0 aliphatic heterocycles. The van der Waals surface area contributed by atoms with Gasteiger partial charge >= 0.3 is 0 Å². The van der Waals surface area contributed by atoms with E-state index in [4.69, 9.17) is 0 Å². The van der Waals surface area contributed by atoms with E-state index in [9.17, 15) is 0 Å². The highest BCUT2D eigenvalue weighted by molar-refractivity contribution is 4.90. The molecule has 0 bridgehead atoms. The Hall–Kier alpha value is 0. The Bertz CT molecular complexity index is 201. The topological polar surface area (TPSA) is 0 Å². The monoisotopic (exact) mass is 225 g/mol. The smallest absolute Gasteiger partial charge is 0.0298 e. The summed E-state index contributed by atoms with van der Waals surface area (Å²) in [5.74, 6) is 1.55. The average Bonchev–Trinajstić information content (AvgIpc) is 1.69. The molecule has 0 spiro atoms. The van der Waals surface area contributed by atoms with Gasteiger partial charge in [-0.05, 0) is 41.4 Å². The molecule has 0 fully saturated rings. The molecule has 0 aromatic heterocycles. The van der Waals surface area contributed by atoms with Crippen molar-refractivity contribution in [2.45, 2.75) is 81.6 Å². The quantitative estimate of drug-likeness (QED) is 0.549. The van der Waals surface area contributed by atoms with Gasteiger partial charge in [0, 0.05) is 0 Å². The van der Waals surface area contributed by atoms with Crippen molar-refractivity contribution < 1.29 is 0 Å². The molecule has 0 heterocycles. The van der Waals surface area contributed by atoms with Crippen molar-refractivity contribution in [2.75, 3.05) is 0 Å². The highest BCUT2D eigenvalue weighted by Crippen LogP contribution is 2.44.